The standard InChI is InChI=1S/C56H108O6/c1-6-8-9-10-11-12-13-14-15-16-17-18-19-20-21-25-31-36-41-46-54(57)60-49-53(62-56(59)48-43-38-33-28-27-29-34-39-44-51(3)4)50-61-55(58)47-42-37-32-26-23-22-24-30-35-40-45-52(5)7-2/h51-53H,6-50H2,1-5H3/t52?,53-/m1/s1. The number of carbonyl (C=O) groups is 3. The van der Waals surface area contributed by atoms with Gasteiger partial charge in [-0.05, 0) is 31.1 Å². The Balaban J connectivity index is 4.25. The molecular weight excluding hydrogens is 769 g/mol. The summed E-state index contributed by atoms with van der Waals surface area (Å²) in [5.41, 5.74) is 0. The van der Waals surface area contributed by atoms with E-state index in [1.54, 1.807) is 0 Å². The van der Waals surface area contributed by atoms with Gasteiger partial charge in [0, 0.05) is 19.3 Å². The van der Waals surface area contributed by atoms with Crippen LogP contribution in [0.15, 0.2) is 0 Å². The van der Waals surface area contributed by atoms with Crippen LogP contribution in [-0.2, 0) is 28.6 Å². The molecule has 0 spiro atoms. The lowest BCUT2D eigenvalue weighted by molar-refractivity contribution is -0.167. The zero-order chi connectivity index (χ0) is 45.4. The van der Waals surface area contributed by atoms with Gasteiger partial charge in [-0.15, -0.1) is 0 Å². The minimum Gasteiger partial charge on any atom is -0.462 e. The van der Waals surface area contributed by atoms with Crippen LogP contribution < -0.4 is 0 Å². The third-order valence-corrected chi connectivity index (χ3v) is 13.1. The summed E-state index contributed by atoms with van der Waals surface area (Å²) >= 11 is 0. The molecule has 0 aromatic rings. The van der Waals surface area contributed by atoms with Crippen molar-refractivity contribution in [3.8, 4) is 0 Å². The van der Waals surface area contributed by atoms with Crippen molar-refractivity contribution in [3.05, 3.63) is 0 Å². The summed E-state index contributed by atoms with van der Waals surface area (Å²) in [6.07, 6.45) is 50.9. The van der Waals surface area contributed by atoms with E-state index in [1.165, 1.54) is 199 Å². The summed E-state index contributed by atoms with van der Waals surface area (Å²) in [5.74, 6) is 0.816. The van der Waals surface area contributed by atoms with E-state index < -0.39 is 6.10 Å². The highest BCUT2D eigenvalue weighted by Gasteiger charge is 2.19. The molecule has 0 heterocycles. The highest BCUT2D eigenvalue weighted by atomic mass is 16.6. The summed E-state index contributed by atoms with van der Waals surface area (Å²) in [4.78, 5) is 38.0. The Hall–Kier alpha value is -1.59. The second kappa shape index (κ2) is 48.9. The van der Waals surface area contributed by atoms with Crippen molar-refractivity contribution < 1.29 is 28.6 Å². The molecular formula is C56H108O6. The molecule has 0 N–H and O–H groups in total. The SMILES string of the molecule is CCCCCCCCCCCCCCCCCCCCCC(=O)OC[C@H](COC(=O)CCCCCCCCCCCCC(C)CC)OC(=O)CCCCCCCCCCC(C)C. The van der Waals surface area contributed by atoms with Gasteiger partial charge in [-0.1, -0.05) is 272 Å². The second-order valence-electron chi connectivity index (χ2n) is 19.9. The molecule has 0 radical (unpaired) electrons. The molecule has 0 aliphatic heterocycles. The summed E-state index contributed by atoms with van der Waals surface area (Å²) in [6, 6.07) is 0. The average Bonchev–Trinajstić information content (AvgIpc) is 3.26. The maximum atomic E-state index is 12.8. The Morgan fingerprint density at radius 1 is 0.339 bits per heavy atom. The third kappa shape index (κ3) is 47.9. The number of hydrogen-bond acceptors (Lipinski definition) is 6. The van der Waals surface area contributed by atoms with Gasteiger partial charge in [0.1, 0.15) is 13.2 Å². The van der Waals surface area contributed by atoms with Crippen molar-refractivity contribution in [3.63, 3.8) is 0 Å². The van der Waals surface area contributed by atoms with Gasteiger partial charge in [0.15, 0.2) is 6.10 Å². The highest BCUT2D eigenvalue weighted by molar-refractivity contribution is 5.71. The first kappa shape index (κ1) is 60.4. The molecule has 368 valence electrons. The van der Waals surface area contributed by atoms with Gasteiger partial charge in [-0.2, -0.15) is 0 Å². The van der Waals surface area contributed by atoms with Crippen LogP contribution in [0.2, 0.25) is 0 Å². The van der Waals surface area contributed by atoms with E-state index in [1.807, 2.05) is 0 Å². The molecule has 0 aromatic carbocycles. The predicted molar refractivity (Wildman–Crippen MR) is 266 cm³/mol. The van der Waals surface area contributed by atoms with E-state index in [4.69, 9.17) is 14.2 Å². The highest BCUT2D eigenvalue weighted by Crippen LogP contribution is 2.18. The molecule has 0 saturated carbocycles. The van der Waals surface area contributed by atoms with Gasteiger partial charge < -0.3 is 14.2 Å². The van der Waals surface area contributed by atoms with Crippen molar-refractivity contribution in [2.24, 2.45) is 11.8 Å². The molecule has 6 heteroatoms. The zero-order valence-electron chi connectivity index (χ0n) is 42.5. The van der Waals surface area contributed by atoms with Crippen LogP contribution in [0, 0.1) is 11.8 Å². The van der Waals surface area contributed by atoms with Crippen molar-refractivity contribution in [1.82, 2.24) is 0 Å². The number of esters is 3. The Morgan fingerprint density at radius 3 is 0.919 bits per heavy atom. The van der Waals surface area contributed by atoms with Gasteiger partial charge in [0.25, 0.3) is 0 Å². The average molecular weight is 877 g/mol. The van der Waals surface area contributed by atoms with E-state index in [0.717, 1.165) is 69.6 Å². The summed E-state index contributed by atoms with van der Waals surface area (Å²) < 4.78 is 16.8. The fourth-order valence-corrected chi connectivity index (χ4v) is 8.49. The van der Waals surface area contributed by atoms with Crippen LogP contribution in [0.5, 0.6) is 0 Å². The minimum absolute atomic E-state index is 0.0638. The molecule has 0 rings (SSSR count). The van der Waals surface area contributed by atoms with Gasteiger partial charge in [0.05, 0.1) is 0 Å². The monoisotopic (exact) mass is 877 g/mol. The maximum absolute atomic E-state index is 12.8. The van der Waals surface area contributed by atoms with E-state index in [-0.39, 0.29) is 31.1 Å². The van der Waals surface area contributed by atoms with Gasteiger partial charge in [-0.25, -0.2) is 0 Å². The molecule has 0 aliphatic carbocycles. The molecule has 2 atom stereocenters. The number of unbranched alkanes of at least 4 members (excludes halogenated alkanes) is 34. The van der Waals surface area contributed by atoms with E-state index in [2.05, 4.69) is 34.6 Å². The van der Waals surface area contributed by atoms with E-state index >= 15 is 0 Å². The van der Waals surface area contributed by atoms with Gasteiger partial charge in [-0.3, -0.25) is 14.4 Å². The maximum Gasteiger partial charge on any atom is 0.306 e. The van der Waals surface area contributed by atoms with Crippen LogP contribution in [0.3, 0.4) is 0 Å². The number of carbonyl (C=O) groups excluding carboxylic acids is 3. The Kier molecular flexibility index (Phi) is 47.6. The second-order valence-corrected chi connectivity index (χ2v) is 19.9. The Labute approximate surface area is 387 Å². The van der Waals surface area contributed by atoms with Crippen molar-refractivity contribution in [2.75, 3.05) is 13.2 Å². The molecule has 1 unspecified atom stereocenters. The molecule has 0 aliphatic rings. The van der Waals surface area contributed by atoms with Crippen LogP contribution in [0.1, 0.15) is 311 Å². The topological polar surface area (TPSA) is 78.9 Å². The predicted octanol–water partition coefficient (Wildman–Crippen LogP) is 18.1. The lowest BCUT2D eigenvalue weighted by Gasteiger charge is -2.18. The summed E-state index contributed by atoms with van der Waals surface area (Å²) in [7, 11) is 0. The first-order valence-electron chi connectivity index (χ1n) is 27.8. The van der Waals surface area contributed by atoms with Crippen LogP contribution in [0.25, 0.3) is 0 Å². The fourth-order valence-electron chi connectivity index (χ4n) is 8.49. The van der Waals surface area contributed by atoms with Gasteiger partial charge in [0.2, 0.25) is 0 Å². The summed E-state index contributed by atoms with van der Waals surface area (Å²) in [5, 5.41) is 0. The van der Waals surface area contributed by atoms with E-state index in [0.29, 0.717) is 19.3 Å². The third-order valence-electron chi connectivity index (χ3n) is 13.1. The molecule has 0 saturated heterocycles. The quantitative estimate of drug-likeness (QED) is 0.0344. The van der Waals surface area contributed by atoms with Crippen molar-refractivity contribution in [2.45, 2.75) is 317 Å². The van der Waals surface area contributed by atoms with Crippen LogP contribution >= 0.6 is 0 Å². The lowest BCUT2D eigenvalue weighted by atomic mass is 9.99. The molecule has 0 fully saturated rings. The van der Waals surface area contributed by atoms with Crippen molar-refractivity contribution in [1.29, 1.82) is 0 Å². The van der Waals surface area contributed by atoms with Gasteiger partial charge >= 0.3 is 17.9 Å². The molecule has 0 amide bonds. The molecule has 0 bridgehead atoms. The Morgan fingerprint density at radius 2 is 0.613 bits per heavy atom. The normalized spacial score (nSPS) is 12.5. The smallest absolute Gasteiger partial charge is 0.306 e. The summed E-state index contributed by atoms with van der Waals surface area (Å²) in [6.45, 7) is 11.4. The number of hydrogen-bond donors (Lipinski definition) is 0. The lowest BCUT2D eigenvalue weighted by Crippen LogP contribution is -2.30. The molecule has 6 nitrogen and oxygen atoms in total. The Bertz CT molecular complexity index is 949. The fraction of sp³-hybridized carbons (Fsp3) is 0.946. The van der Waals surface area contributed by atoms with Crippen LogP contribution in [-0.4, -0.2) is 37.2 Å². The van der Waals surface area contributed by atoms with Crippen LogP contribution in [0.4, 0.5) is 0 Å². The molecule has 0 aromatic heterocycles. The largest absolute Gasteiger partial charge is 0.462 e. The van der Waals surface area contributed by atoms with Crippen molar-refractivity contribution >= 4 is 17.9 Å². The minimum atomic E-state index is -0.763. The van der Waals surface area contributed by atoms with E-state index in [9.17, 15) is 14.4 Å². The number of rotatable bonds is 50. The molecule has 62 heavy (non-hydrogen) atoms. The first-order chi connectivity index (χ1) is 30.3. The first-order valence-corrected chi connectivity index (χ1v) is 27.8. The number of ether oxygens (including phenoxy) is 3. The zero-order valence-corrected chi connectivity index (χ0v) is 42.5.